The fourth-order valence-corrected chi connectivity index (χ4v) is 2.53. The summed E-state index contributed by atoms with van der Waals surface area (Å²) in [7, 11) is 1.47. The first-order valence-electron chi connectivity index (χ1n) is 6.96. The van der Waals surface area contributed by atoms with Gasteiger partial charge in [-0.3, -0.25) is 0 Å². The van der Waals surface area contributed by atoms with E-state index >= 15 is 0 Å². The number of hydrogen-bond acceptors (Lipinski definition) is 2. The molecule has 0 aliphatic heterocycles. The summed E-state index contributed by atoms with van der Waals surface area (Å²) in [5.74, 6) is 0.625. The molecule has 0 N–H and O–H groups in total. The molecule has 2 rings (SSSR count). The molecule has 0 aliphatic carbocycles. The minimum absolute atomic E-state index is 0.210. The molecule has 3 nitrogen and oxygen atoms in total. The van der Waals surface area contributed by atoms with Crippen molar-refractivity contribution in [2.45, 2.75) is 45.0 Å². The van der Waals surface area contributed by atoms with Crippen molar-refractivity contribution in [2.24, 2.45) is 0 Å². The molecular weight excluding hydrogens is 279 g/mol. The third-order valence-corrected chi connectivity index (χ3v) is 3.59. The lowest BCUT2D eigenvalue weighted by molar-refractivity contribution is 0.387. The Labute approximate surface area is 123 Å². The lowest BCUT2D eigenvalue weighted by atomic mass is 10.2. The number of alkyl halides is 1. The van der Waals surface area contributed by atoms with Crippen LogP contribution >= 0.6 is 11.6 Å². The van der Waals surface area contributed by atoms with E-state index in [4.69, 9.17) is 16.3 Å². The number of aryl methyl sites for hydroxylation is 1. The predicted molar refractivity (Wildman–Crippen MR) is 80.0 cm³/mol. The van der Waals surface area contributed by atoms with Gasteiger partial charge in [0.1, 0.15) is 5.82 Å². The van der Waals surface area contributed by atoms with Gasteiger partial charge < -0.3 is 9.30 Å². The molecule has 0 fully saturated rings. The molecule has 0 bridgehead atoms. The van der Waals surface area contributed by atoms with Crippen LogP contribution in [0.3, 0.4) is 0 Å². The van der Waals surface area contributed by atoms with E-state index in [0.717, 1.165) is 37.1 Å². The Balaban J connectivity index is 2.51. The van der Waals surface area contributed by atoms with Crippen molar-refractivity contribution in [1.29, 1.82) is 0 Å². The summed E-state index contributed by atoms with van der Waals surface area (Å²) in [5.41, 5.74) is 1.50. The van der Waals surface area contributed by atoms with Gasteiger partial charge in [0.05, 0.1) is 23.5 Å². The Bertz CT molecular complexity index is 595. The number of unbranched alkanes of at least 4 members (excludes halogenated alkanes) is 2. The zero-order chi connectivity index (χ0) is 14.7. The zero-order valence-corrected chi connectivity index (χ0v) is 12.9. The highest BCUT2D eigenvalue weighted by Gasteiger charge is 2.17. The molecule has 0 saturated heterocycles. The van der Waals surface area contributed by atoms with Crippen LogP contribution in [0.15, 0.2) is 12.1 Å². The second-order valence-corrected chi connectivity index (χ2v) is 5.57. The molecule has 1 atom stereocenters. The highest BCUT2D eigenvalue weighted by Crippen LogP contribution is 2.29. The molecule has 0 radical (unpaired) electrons. The average Bonchev–Trinajstić information content (AvgIpc) is 2.76. The molecule has 1 aromatic carbocycles. The van der Waals surface area contributed by atoms with Crippen LogP contribution in [-0.2, 0) is 6.54 Å². The largest absolute Gasteiger partial charge is 0.494 e. The van der Waals surface area contributed by atoms with Crippen molar-refractivity contribution in [3.05, 3.63) is 23.8 Å². The SMILES string of the molecule is CCCCCn1c(C(C)Cl)nc2cc(F)c(OC)cc21. The maximum absolute atomic E-state index is 13.8. The van der Waals surface area contributed by atoms with E-state index in [0.29, 0.717) is 5.52 Å². The van der Waals surface area contributed by atoms with Crippen LogP contribution in [-0.4, -0.2) is 16.7 Å². The van der Waals surface area contributed by atoms with Gasteiger partial charge in [0, 0.05) is 18.7 Å². The number of hydrogen-bond donors (Lipinski definition) is 0. The Hall–Kier alpha value is -1.29. The first kappa shape index (κ1) is 15.1. The quantitative estimate of drug-likeness (QED) is 0.572. The van der Waals surface area contributed by atoms with Gasteiger partial charge >= 0.3 is 0 Å². The Morgan fingerprint density at radius 3 is 2.75 bits per heavy atom. The minimum atomic E-state index is -0.396. The first-order chi connectivity index (χ1) is 9.58. The van der Waals surface area contributed by atoms with Crippen molar-refractivity contribution >= 4 is 22.6 Å². The molecule has 5 heteroatoms. The third-order valence-electron chi connectivity index (χ3n) is 3.39. The lowest BCUT2D eigenvalue weighted by Gasteiger charge is -2.10. The number of aromatic nitrogens is 2. The predicted octanol–water partition coefficient (Wildman–Crippen LogP) is 4.67. The van der Waals surface area contributed by atoms with Crippen LogP contribution in [0.4, 0.5) is 4.39 Å². The summed E-state index contributed by atoms with van der Waals surface area (Å²) in [4.78, 5) is 4.46. The van der Waals surface area contributed by atoms with Gasteiger partial charge in [-0.2, -0.15) is 0 Å². The molecule has 2 aromatic rings. The highest BCUT2D eigenvalue weighted by atomic mass is 35.5. The number of imidazole rings is 1. The molecule has 110 valence electrons. The summed E-state index contributed by atoms with van der Waals surface area (Å²) < 4.78 is 20.9. The van der Waals surface area contributed by atoms with Gasteiger partial charge in [0.2, 0.25) is 0 Å². The van der Waals surface area contributed by atoms with Crippen LogP contribution in [0.2, 0.25) is 0 Å². The van der Waals surface area contributed by atoms with E-state index < -0.39 is 5.82 Å². The summed E-state index contributed by atoms with van der Waals surface area (Å²) in [6, 6.07) is 3.11. The average molecular weight is 299 g/mol. The first-order valence-corrected chi connectivity index (χ1v) is 7.39. The van der Waals surface area contributed by atoms with Crippen LogP contribution in [0.5, 0.6) is 5.75 Å². The molecule has 0 amide bonds. The second-order valence-electron chi connectivity index (χ2n) is 4.92. The van der Waals surface area contributed by atoms with Crippen molar-refractivity contribution < 1.29 is 9.13 Å². The van der Waals surface area contributed by atoms with Gasteiger partial charge in [-0.1, -0.05) is 19.8 Å². The standard InChI is InChI=1S/C15H20ClFN2O/c1-4-5-6-7-19-13-9-14(20-3)11(17)8-12(13)18-15(19)10(2)16/h8-10H,4-7H2,1-3H3. The molecule has 0 aliphatic rings. The fourth-order valence-electron chi connectivity index (χ4n) is 2.36. The van der Waals surface area contributed by atoms with E-state index in [-0.39, 0.29) is 11.1 Å². The number of halogens is 2. The summed E-state index contributed by atoms with van der Waals surface area (Å²) in [6.45, 7) is 4.88. The summed E-state index contributed by atoms with van der Waals surface area (Å²) in [6.07, 6.45) is 3.35. The van der Waals surface area contributed by atoms with Gasteiger partial charge in [0.15, 0.2) is 11.6 Å². The van der Waals surface area contributed by atoms with Crippen LogP contribution < -0.4 is 4.74 Å². The highest BCUT2D eigenvalue weighted by molar-refractivity contribution is 6.20. The Morgan fingerprint density at radius 1 is 1.40 bits per heavy atom. The summed E-state index contributed by atoms with van der Waals surface area (Å²) >= 11 is 6.20. The Kier molecular flexibility index (Phi) is 4.86. The molecule has 1 unspecified atom stereocenters. The van der Waals surface area contributed by atoms with Gasteiger partial charge in [-0.25, -0.2) is 9.37 Å². The van der Waals surface area contributed by atoms with E-state index in [9.17, 15) is 4.39 Å². The third kappa shape index (κ3) is 2.90. The van der Waals surface area contributed by atoms with Crippen LogP contribution in [0.1, 0.15) is 44.3 Å². The zero-order valence-electron chi connectivity index (χ0n) is 12.1. The second kappa shape index (κ2) is 6.44. The summed E-state index contributed by atoms with van der Waals surface area (Å²) in [5, 5.41) is -0.210. The number of rotatable bonds is 6. The minimum Gasteiger partial charge on any atom is -0.494 e. The van der Waals surface area contributed by atoms with E-state index in [1.165, 1.54) is 13.2 Å². The smallest absolute Gasteiger partial charge is 0.167 e. The lowest BCUT2D eigenvalue weighted by Crippen LogP contribution is -2.04. The number of ether oxygens (including phenoxy) is 1. The molecule has 0 saturated carbocycles. The maximum atomic E-state index is 13.8. The van der Waals surface area contributed by atoms with Crippen molar-refractivity contribution in [1.82, 2.24) is 9.55 Å². The molecule has 20 heavy (non-hydrogen) atoms. The number of benzene rings is 1. The van der Waals surface area contributed by atoms with Gasteiger partial charge in [-0.05, 0) is 13.3 Å². The molecular formula is C15H20ClFN2O. The van der Waals surface area contributed by atoms with Gasteiger partial charge in [0.25, 0.3) is 0 Å². The van der Waals surface area contributed by atoms with Crippen molar-refractivity contribution in [3.8, 4) is 5.75 Å². The Morgan fingerprint density at radius 2 is 2.15 bits per heavy atom. The topological polar surface area (TPSA) is 27.1 Å². The molecule has 1 heterocycles. The molecule has 1 aromatic heterocycles. The van der Waals surface area contributed by atoms with E-state index in [1.807, 2.05) is 6.92 Å². The monoisotopic (exact) mass is 298 g/mol. The van der Waals surface area contributed by atoms with E-state index in [2.05, 4.69) is 16.5 Å². The molecule has 0 spiro atoms. The number of fused-ring (bicyclic) bond motifs is 1. The van der Waals surface area contributed by atoms with Gasteiger partial charge in [-0.15, -0.1) is 11.6 Å². The van der Waals surface area contributed by atoms with Crippen LogP contribution in [0.25, 0.3) is 11.0 Å². The van der Waals surface area contributed by atoms with Crippen molar-refractivity contribution in [3.63, 3.8) is 0 Å². The maximum Gasteiger partial charge on any atom is 0.167 e. The van der Waals surface area contributed by atoms with Crippen LogP contribution in [0, 0.1) is 5.82 Å². The van der Waals surface area contributed by atoms with E-state index in [1.54, 1.807) is 6.07 Å². The number of nitrogens with zero attached hydrogens (tertiary/aromatic N) is 2. The normalized spacial score (nSPS) is 12.8. The number of methoxy groups -OCH3 is 1. The van der Waals surface area contributed by atoms with Crippen molar-refractivity contribution in [2.75, 3.05) is 7.11 Å². The fraction of sp³-hybridized carbons (Fsp3) is 0.533.